The molecule has 25 heavy (non-hydrogen) atoms. The molecule has 1 atom stereocenters. The number of rotatable bonds is 2. The van der Waals surface area contributed by atoms with Crippen LogP contribution in [-0.2, 0) is 0 Å². The fourth-order valence-corrected chi connectivity index (χ4v) is 4.29. The topological polar surface area (TPSA) is 52.0 Å². The zero-order chi connectivity index (χ0) is 17.6. The smallest absolute Gasteiger partial charge is 0.266 e. The Kier molecular flexibility index (Phi) is 3.73. The zero-order valence-corrected chi connectivity index (χ0v) is 14.7. The van der Waals surface area contributed by atoms with Crippen molar-refractivity contribution in [1.29, 1.82) is 0 Å². The predicted molar refractivity (Wildman–Crippen MR) is 103 cm³/mol. The molecule has 0 spiro atoms. The van der Waals surface area contributed by atoms with Crippen molar-refractivity contribution in [3.05, 3.63) is 86.6 Å². The molecule has 2 aromatic carbocycles. The molecule has 4 rings (SSSR count). The van der Waals surface area contributed by atoms with Crippen molar-refractivity contribution in [2.45, 2.75) is 19.9 Å². The molecule has 0 saturated heterocycles. The Morgan fingerprint density at radius 2 is 1.68 bits per heavy atom. The summed E-state index contributed by atoms with van der Waals surface area (Å²) in [5.41, 5.74) is 0.493. The summed E-state index contributed by atoms with van der Waals surface area (Å²) >= 11 is 1.39. The van der Waals surface area contributed by atoms with Crippen LogP contribution in [0.15, 0.2) is 64.2 Å². The number of hydrogen-bond acceptors (Lipinski definition) is 4. The van der Waals surface area contributed by atoms with Gasteiger partial charge in [0, 0.05) is 10.1 Å². The summed E-state index contributed by atoms with van der Waals surface area (Å²) in [5, 5.41) is 0.749. The van der Waals surface area contributed by atoms with Crippen molar-refractivity contribution in [3.8, 4) is 0 Å². The molecule has 124 valence electrons. The van der Waals surface area contributed by atoms with Gasteiger partial charge in [-0.15, -0.1) is 11.3 Å². The average Bonchev–Trinajstić information content (AvgIpc) is 2.62. The number of benzene rings is 2. The van der Waals surface area contributed by atoms with Crippen molar-refractivity contribution in [2.75, 3.05) is 0 Å². The van der Waals surface area contributed by atoms with E-state index in [1.807, 2.05) is 62.4 Å². The lowest BCUT2D eigenvalue weighted by Gasteiger charge is -2.18. The maximum Gasteiger partial charge on any atom is 0.266 e. The highest BCUT2D eigenvalue weighted by Crippen LogP contribution is 2.23. The molecular formula is C20H16N2O2S. The summed E-state index contributed by atoms with van der Waals surface area (Å²) in [7, 11) is 0. The molecule has 2 heterocycles. The molecule has 4 aromatic rings. The molecule has 0 saturated carbocycles. The fourth-order valence-electron chi connectivity index (χ4n) is 3.20. The van der Waals surface area contributed by atoms with Gasteiger partial charge < -0.3 is 0 Å². The van der Waals surface area contributed by atoms with Crippen LogP contribution in [0.4, 0.5) is 0 Å². The molecular weight excluding hydrogens is 332 g/mol. The number of aryl methyl sites for hydroxylation is 1. The van der Waals surface area contributed by atoms with Crippen molar-refractivity contribution >= 4 is 31.6 Å². The number of fused-ring (bicyclic) bond motifs is 2. The Labute approximate surface area is 148 Å². The van der Waals surface area contributed by atoms with E-state index < -0.39 is 0 Å². The lowest BCUT2D eigenvalue weighted by Crippen LogP contribution is -2.30. The fraction of sp³-hybridized carbons (Fsp3) is 0.150. The van der Waals surface area contributed by atoms with Crippen molar-refractivity contribution < 1.29 is 0 Å². The summed E-state index contributed by atoms with van der Waals surface area (Å²) in [6, 6.07) is 16.9. The van der Waals surface area contributed by atoms with Crippen LogP contribution in [0.2, 0.25) is 0 Å². The Balaban J connectivity index is 2.07. The summed E-state index contributed by atoms with van der Waals surface area (Å²) in [6.07, 6.45) is 0. The van der Waals surface area contributed by atoms with Crippen LogP contribution in [0.3, 0.4) is 0 Å². The van der Waals surface area contributed by atoms with Gasteiger partial charge in [-0.2, -0.15) is 0 Å². The molecule has 0 fully saturated rings. The van der Waals surface area contributed by atoms with Crippen LogP contribution in [0.1, 0.15) is 24.4 Å². The minimum atomic E-state index is -0.272. The zero-order valence-electron chi connectivity index (χ0n) is 13.9. The van der Waals surface area contributed by atoms with Gasteiger partial charge in [-0.05, 0) is 31.5 Å². The maximum atomic E-state index is 13.2. The van der Waals surface area contributed by atoms with Gasteiger partial charge in [0.2, 0.25) is 5.43 Å². The molecule has 4 nitrogen and oxygen atoms in total. The van der Waals surface area contributed by atoms with E-state index in [1.165, 1.54) is 11.3 Å². The summed E-state index contributed by atoms with van der Waals surface area (Å²) in [4.78, 5) is 31.1. The van der Waals surface area contributed by atoms with Crippen LogP contribution >= 0.6 is 11.3 Å². The predicted octanol–water partition coefficient (Wildman–Crippen LogP) is 3.89. The van der Waals surface area contributed by atoms with E-state index in [9.17, 15) is 9.59 Å². The first kappa shape index (κ1) is 15.7. The van der Waals surface area contributed by atoms with Gasteiger partial charge in [-0.25, -0.2) is 4.98 Å². The number of nitrogens with zero attached hydrogens (tertiary/aromatic N) is 2. The monoisotopic (exact) mass is 348 g/mol. The third-order valence-corrected chi connectivity index (χ3v) is 5.56. The lowest BCUT2D eigenvalue weighted by atomic mass is 10.1. The van der Waals surface area contributed by atoms with E-state index in [-0.39, 0.29) is 22.4 Å². The maximum absolute atomic E-state index is 13.2. The van der Waals surface area contributed by atoms with Gasteiger partial charge in [0.15, 0.2) is 0 Å². The highest BCUT2D eigenvalue weighted by molar-refractivity contribution is 7.24. The molecule has 0 N–H and O–H groups in total. The highest BCUT2D eigenvalue weighted by atomic mass is 32.1. The second kappa shape index (κ2) is 5.93. The highest BCUT2D eigenvalue weighted by Gasteiger charge is 2.18. The second-order valence-electron chi connectivity index (χ2n) is 6.03. The van der Waals surface area contributed by atoms with Crippen LogP contribution in [0.5, 0.6) is 0 Å². The second-order valence-corrected chi connectivity index (χ2v) is 7.06. The summed E-state index contributed by atoms with van der Waals surface area (Å²) < 4.78 is 2.46. The largest absolute Gasteiger partial charge is 0.289 e. The van der Waals surface area contributed by atoms with Gasteiger partial charge in [0.05, 0.1) is 6.04 Å². The normalized spacial score (nSPS) is 12.6. The van der Waals surface area contributed by atoms with E-state index in [2.05, 4.69) is 4.98 Å². The molecule has 2 aromatic heterocycles. The lowest BCUT2D eigenvalue weighted by molar-refractivity contribution is 0.588. The average molecular weight is 348 g/mol. The first-order valence-corrected chi connectivity index (χ1v) is 8.89. The Morgan fingerprint density at radius 1 is 1.00 bits per heavy atom. The van der Waals surface area contributed by atoms with Crippen LogP contribution < -0.4 is 11.0 Å². The van der Waals surface area contributed by atoms with E-state index in [0.29, 0.717) is 16.0 Å². The van der Waals surface area contributed by atoms with Crippen molar-refractivity contribution in [3.63, 3.8) is 0 Å². The molecule has 0 aliphatic rings. The van der Waals surface area contributed by atoms with E-state index in [1.54, 1.807) is 10.6 Å². The van der Waals surface area contributed by atoms with Crippen molar-refractivity contribution in [2.24, 2.45) is 0 Å². The third-order valence-electron chi connectivity index (χ3n) is 4.49. The van der Waals surface area contributed by atoms with E-state index in [4.69, 9.17) is 0 Å². The molecule has 0 bridgehead atoms. The van der Waals surface area contributed by atoms with Gasteiger partial charge >= 0.3 is 0 Å². The van der Waals surface area contributed by atoms with Crippen LogP contribution in [0.25, 0.3) is 20.3 Å². The standard InChI is InChI=1S/C20H16N2O2S/c1-12(14-8-4-3-5-9-14)22-13(2)21-19-17(20(22)24)18(23)15-10-6-7-11-16(15)25-19/h3-12H,1-2H3/t12-/m1/s1. The van der Waals surface area contributed by atoms with Gasteiger partial charge in [-0.1, -0.05) is 42.5 Å². The molecule has 5 heteroatoms. The van der Waals surface area contributed by atoms with Crippen molar-refractivity contribution in [1.82, 2.24) is 9.55 Å². The third kappa shape index (κ3) is 2.48. The van der Waals surface area contributed by atoms with E-state index >= 15 is 0 Å². The number of aromatic nitrogens is 2. The molecule has 0 aliphatic carbocycles. The van der Waals surface area contributed by atoms with Gasteiger partial charge in [-0.3, -0.25) is 14.2 Å². The number of hydrogen-bond donors (Lipinski definition) is 0. The molecule has 0 unspecified atom stereocenters. The Hall–Kier alpha value is -2.79. The first-order chi connectivity index (χ1) is 12.1. The molecule has 0 radical (unpaired) electrons. The SMILES string of the molecule is Cc1nc2sc3ccccc3c(=O)c2c(=O)n1[C@H](C)c1ccccc1. The van der Waals surface area contributed by atoms with Gasteiger partial charge in [0.1, 0.15) is 16.0 Å². The van der Waals surface area contributed by atoms with Crippen LogP contribution in [-0.4, -0.2) is 9.55 Å². The van der Waals surface area contributed by atoms with Crippen LogP contribution in [0, 0.1) is 6.92 Å². The minimum Gasteiger partial charge on any atom is -0.289 e. The van der Waals surface area contributed by atoms with Gasteiger partial charge in [0.25, 0.3) is 5.56 Å². The Bertz CT molecular complexity index is 1210. The first-order valence-electron chi connectivity index (χ1n) is 8.07. The minimum absolute atomic E-state index is 0.178. The molecule has 0 aliphatic heterocycles. The molecule has 0 amide bonds. The Morgan fingerprint density at radius 3 is 2.44 bits per heavy atom. The summed E-state index contributed by atoms with van der Waals surface area (Å²) in [5.74, 6) is 0.611. The quantitative estimate of drug-likeness (QED) is 0.517. The summed E-state index contributed by atoms with van der Waals surface area (Å²) in [6.45, 7) is 3.76. The van der Waals surface area contributed by atoms with E-state index in [0.717, 1.165) is 10.3 Å².